The average Bonchev–Trinajstić information content (AvgIpc) is 2.53. The highest BCUT2D eigenvalue weighted by Gasteiger charge is 2.17. The maximum absolute atomic E-state index is 8.34. The van der Waals surface area contributed by atoms with Crippen LogP contribution >= 0.6 is 15.9 Å². The predicted octanol–water partition coefficient (Wildman–Crippen LogP) is 1.99. The van der Waals surface area contributed by atoms with E-state index in [1.165, 1.54) is 6.21 Å². The molecule has 1 aliphatic heterocycles. The first-order chi connectivity index (χ1) is 6.31. The number of ether oxygens (including phenoxy) is 2. The summed E-state index contributed by atoms with van der Waals surface area (Å²) >= 11 is 3.32. The van der Waals surface area contributed by atoms with Gasteiger partial charge in [0.15, 0.2) is 11.5 Å². The van der Waals surface area contributed by atoms with Gasteiger partial charge in [-0.05, 0) is 28.1 Å². The minimum Gasteiger partial charge on any atom is -0.454 e. The molecule has 2 rings (SSSR count). The zero-order chi connectivity index (χ0) is 9.26. The Balaban J connectivity index is 2.49. The van der Waals surface area contributed by atoms with E-state index in [0.717, 1.165) is 10.0 Å². The lowest BCUT2D eigenvalue weighted by atomic mass is 10.2. The monoisotopic (exact) mass is 243 g/mol. The molecule has 13 heavy (non-hydrogen) atoms. The van der Waals surface area contributed by atoms with Gasteiger partial charge in [0, 0.05) is 5.56 Å². The minimum atomic E-state index is 0.230. The Bertz CT molecular complexity index is 365. The van der Waals surface area contributed by atoms with Gasteiger partial charge < -0.3 is 14.7 Å². The molecule has 68 valence electrons. The summed E-state index contributed by atoms with van der Waals surface area (Å²) in [7, 11) is 0. The molecule has 0 spiro atoms. The second kappa shape index (κ2) is 3.26. The fraction of sp³-hybridized carbons (Fsp3) is 0.125. The molecule has 0 amide bonds. The Morgan fingerprint density at radius 1 is 1.46 bits per heavy atom. The van der Waals surface area contributed by atoms with E-state index in [-0.39, 0.29) is 6.79 Å². The molecule has 0 aliphatic carbocycles. The Kier molecular flexibility index (Phi) is 2.10. The third-order valence-electron chi connectivity index (χ3n) is 1.66. The van der Waals surface area contributed by atoms with Crippen molar-refractivity contribution in [2.75, 3.05) is 6.79 Å². The van der Waals surface area contributed by atoms with Crippen LogP contribution in [-0.2, 0) is 0 Å². The van der Waals surface area contributed by atoms with Gasteiger partial charge in [0.05, 0.1) is 10.7 Å². The fourth-order valence-corrected chi connectivity index (χ4v) is 1.70. The van der Waals surface area contributed by atoms with Crippen molar-refractivity contribution >= 4 is 22.1 Å². The van der Waals surface area contributed by atoms with Crippen LogP contribution in [0.15, 0.2) is 21.8 Å². The van der Waals surface area contributed by atoms with Crippen LogP contribution in [0.3, 0.4) is 0 Å². The molecule has 0 saturated heterocycles. The summed E-state index contributed by atoms with van der Waals surface area (Å²) in [6, 6.07) is 3.53. The van der Waals surface area contributed by atoms with Crippen LogP contribution in [0.4, 0.5) is 0 Å². The lowest BCUT2D eigenvalue weighted by Crippen LogP contribution is -1.93. The standard InChI is InChI=1S/C8H6BrNO3/c9-6-1-5(3-10-11)2-7-8(6)13-4-12-7/h1-3,11H,4H2. The summed E-state index contributed by atoms with van der Waals surface area (Å²) in [4.78, 5) is 0. The first-order valence-electron chi connectivity index (χ1n) is 3.58. The van der Waals surface area contributed by atoms with Gasteiger partial charge in [0.1, 0.15) is 0 Å². The van der Waals surface area contributed by atoms with E-state index in [4.69, 9.17) is 14.7 Å². The van der Waals surface area contributed by atoms with Crippen LogP contribution in [0, 0.1) is 0 Å². The highest BCUT2D eigenvalue weighted by atomic mass is 79.9. The van der Waals surface area contributed by atoms with Gasteiger partial charge in [0.2, 0.25) is 6.79 Å². The fourth-order valence-electron chi connectivity index (χ4n) is 1.13. The van der Waals surface area contributed by atoms with E-state index in [1.807, 2.05) is 0 Å². The number of benzene rings is 1. The van der Waals surface area contributed by atoms with E-state index < -0.39 is 0 Å². The second-order valence-corrected chi connectivity index (χ2v) is 3.34. The largest absolute Gasteiger partial charge is 0.454 e. The van der Waals surface area contributed by atoms with Crippen molar-refractivity contribution in [1.29, 1.82) is 0 Å². The molecular weight excluding hydrogens is 238 g/mol. The van der Waals surface area contributed by atoms with E-state index in [0.29, 0.717) is 11.5 Å². The normalized spacial score (nSPS) is 13.9. The van der Waals surface area contributed by atoms with Gasteiger partial charge in [0.25, 0.3) is 0 Å². The van der Waals surface area contributed by atoms with E-state index in [9.17, 15) is 0 Å². The Morgan fingerprint density at radius 2 is 2.31 bits per heavy atom. The molecule has 4 nitrogen and oxygen atoms in total. The lowest BCUT2D eigenvalue weighted by Gasteiger charge is -1.99. The summed E-state index contributed by atoms with van der Waals surface area (Å²) < 4.78 is 11.1. The first-order valence-corrected chi connectivity index (χ1v) is 4.37. The quantitative estimate of drug-likeness (QED) is 0.467. The molecule has 1 aromatic carbocycles. The number of hydrogen-bond acceptors (Lipinski definition) is 4. The third-order valence-corrected chi connectivity index (χ3v) is 2.25. The van der Waals surface area contributed by atoms with Crippen molar-refractivity contribution in [2.45, 2.75) is 0 Å². The Labute approximate surface area is 82.9 Å². The molecule has 0 bridgehead atoms. The third kappa shape index (κ3) is 1.47. The number of fused-ring (bicyclic) bond motifs is 1. The summed E-state index contributed by atoms with van der Waals surface area (Å²) in [5.74, 6) is 1.35. The van der Waals surface area contributed by atoms with E-state index in [2.05, 4.69) is 21.1 Å². The molecular formula is C8H6BrNO3. The molecule has 0 radical (unpaired) electrons. The summed E-state index contributed by atoms with van der Waals surface area (Å²) in [5.41, 5.74) is 0.749. The molecule has 1 aromatic rings. The maximum atomic E-state index is 8.34. The van der Waals surface area contributed by atoms with Gasteiger partial charge in [-0.3, -0.25) is 0 Å². The van der Waals surface area contributed by atoms with Gasteiger partial charge in [-0.1, -0.05) is 5.16 Å². The van der Waals surface area contributed by atoms with Gasteiger partial charge >= 0.3 is 0 Å². The highest BCUT2D eigenvalue weighted by Crippen LogP contribution is 2.39. The van der Waals surface area contributed by atoms with Crippen molar-refractivity contribution in [3.8, 4) is 11.5 Å². The van der Waals surface area contributed by atoms with Crippen molar-refractivity contribution in [3.05, 3.63) is 22.2 Å². The molecule has 0 aromatic heterocycles. The first kappa shape index (κ1) is 8.37. The number of oxime groups is 1. The molecule has 5 heteroatoms. The lowest BCUT2D eigenvalue weighted by molar-refractivity contribution is 0.173. The molecule has 1 aliphatic rings. The summed E-state index contributed by atoms with van der Waals surface area (Å²) in [6.07, 6.45) is 1.33. The zero-order valence-electron chi connectivity index (χ0n) is 6.53. The number of hydrogen-bond donors (Lipinski definition) is 1. The minimum absolute atomic E-state index is 0.230. The van der Waals surface area contributed by atoms with Crippen LogP contribution < -0.4 is 9.47 Å². The van der Waals surface area contributed by atoms with E-state index in [1.54, 1.807) is 12.1 Å². The Morgan fingerprint density at radius 3 is 3.08 bits per heavy atom. The smallest absolute Gasteiger partial charge is 0.231 e. The van der Waals surface area contributed by atoms with Gasteiger partial charge in [-0.25, -0.2) is 0 Å². The summed E-state index contributed by atoms with van der Waals surface area (Å²) in [5, 5.41) is 11.3. The molecule has 0 atom stereocenters. The SMILES string of the molecule is ON=Cc1cc(Br)c2c(c1)OCO2. The number of nitrogens with zero attached hydrogens (tertiary/aromatic N) is 1. The van der Waals surface area contributed by atoms with Gasteiger partial charge in [-0.2, -0.15) is 0 Å². The number of rotatable bonds is 1. The van der Waals surface area contributed by atoms with Crippen LogP contribution in [0.1, 0.15) is 5.56 Å². The van der Waals surface area contributed by atoms with Crippen molar-refractivity contribution in [2.24, 2.45) is 5.16 Å². The highest BCUT2D eigenvalue weighted by molar-refractivity contribution is 9.10. The van der Waals surface area contributed by atoms with Crippen LogP contribution in [-0.4, -0.2) is 18.2 Å². The zero-order valence-corrected chi connectivity index (χ0v) is 8.11. The van der Waals surface area contributed by atoms with Crippen molar-refractivity contribution < 1.29 is 14.7 Å². The van der Waals surface area contributed by atoms with Crippen LogP contribution in [0.25, 0.3) is 0 Å². The van der Waals surface area contributed by atoms with Crippen molar-refractivity contribution in [1.82, 2.24) is 0 Å². The van der Waals surface area contributed by atoms with Crippen LogP contribution in [0.2, 0.25) is 0 Å². The molecule has 1 N–H and O–H groups in total. The van der Waals surface area contributed by atoms with Gasteiger partial charge in [-0.15, -0.1) is 0 Å². The molecule has 0 fully saturated rings. The number of halogens is 1. The second-order valence-electron chi connectivity index (χ2n) is 2.48. The Hall–Kier alpha value is -1.23. The predicted molar refractivity (Wildman–Crippen MR) is 49.6 cm³/mol. The maximum Gasteiger partial charge on any atom is 0.231 e. The van der Waals surface area contributed by atoms with E-state index >= 15 is 0 Å². The van der Waals surface area contributed by atoms with Crippen molar-refractivity contribution in [3.63, 3.8) is 0 Å². The molecule has 0 saturated carbocycles. The topological polar surface area (TPSA) is 51.1 Å². The average molecular weight is 244 g/mol. The molecule has 0 unspecified atom stereocenters. The summed E-state index contributed by atoms with van der Waals surface area (Å²) in [6.45, 7) is 0.230. The molecule has 1 heterocycles. The van der Waals surface area contributed by atoms with Crippen LogP contribution in [0.5, 0.6) is 11.5 Å².